The quantitative estimate of drug-likeness (QED) is 0.453. The molecule has 4 rings (SSSR count). The summed E-state index contributed by atoms with van der Waals surface area (Å²) in [6.45, 7) is 3.25. The molecular formula is C20H17N3O5S. The van der Waals surface area contributed by atoms with Crippen LogP contribution >= 0.6 is 11.3 Å². The first-order chi connectivity index (χ1) is 14.0. The van der Waals surface area contributed by atoms with E-state index in [9.17, 15) is 14.4 Å². The van der Waals surface area contributed by atoms with E-state index in [0.29, 0.717) is 5.82 Å². The number of benzene rings is 1. The SMILES string of the molecule is CC(C)[C@@H](C(=O)OCc1nc(-c2ccsc2)no1)N1C(=O)c2ccccc2C1=O. The Morgan fingerprint density at radius 2 is 1.86 bits per heavy atom. The van der Waals surface area contributed by atoms with Crippen molar-refractivity contribution in [1.29, 1.82) is 0 Å². The van der Waals surface area contributed by atoms with Crippen LogP contribution in [0.4, 0.5) is 0 Å². The van der Waals surface area contributed by atoms with Crippen LogP contribution in [0.25, 0.3) is 11.4 Å². The van der Waals surface area contributed by atoms with Crippen LogP contribution in [0.2, 0.25) is 0 Å². The third kappa shape index (κ3) is 3.44. The minimum absolute atomic E-state index is 0.129. The number of amides is 2. The highest BCUT2D eigenvalue weighted by atomic mass is 32.1. The van der Waals surface area contributed by atoms with Gasteiger partial charge < -0.3 is 9.26 Å². The van der Waals surface area contributed by atoms with E-state index in [-0.39, 0.29) is 29.5 Å². The number of carbonyl (C=O) groups is 3. The molecule has 0 radical (unpaired) electrons. The van der Waals surface area contributed by atoms with Crippen molar-refractivity contribution in [1.82, 2.24) is 15.0 Å². The van der Waals surface area contributed by atoms with Gasteiger partial charge in [-0.15, -0.1) is 0 Å². The lowest BCUT2D eigenvalue weighted by Crippen LogP contribution is -2.48. The van der Waals surface area contributed by atoms with Crippen molar-refractivity contribution in [2.24, 2.45) is 5.92 Å². The zero-order valence-electron chi connectivity index (χ0n) is 15.7. The molecule has 3 aromatic rings. The van der Waals surface area contributed by atoms with Crippen LogP contribution in [-0.2, 0) is 16.1 Å². The predicted octanol–water partition coefficient (Wildman–Crippen LogP) is 3.16. The Hall–Kier alpha value is -3.33. The van der Waals surface area contributed by atoms with Gasteiger partial charge in [0.05, 0.1) is 11.1 Å². The number of ether oxygens (including phenoxy) is 1. The van der Waals surface area contributed by atoms with Crippen molar-refractivity contribution in [2.75, 3.05) is 0 Å². The van der Waals surface area contributed by atoms with Crippen LogP contribution in [0.1, 0.15) is 40.5 Å². The summed E-state index contributed by atoms with van der Waals surface area (Å²) in [6, 6.07) is 7.29. The van der Waals surface area contributed by atoms with E-state index in [1.54, 1.807) is 38.1 Å². The molecule has 0 aliphatic carbocycles. The van der Waals surface area contributed by atoms with E-state index >= 15 is 0 Å². The molecule has 0 saturated carbocycles. The Balaban J connectivity index is 1.49. The number of hydrogen-bond donors (Lipinski definition) is 0. The monoisotopic (exact) mass is 411 g/mol. The van der Waals surface area contributed by atoms with E-state index in [2.05, 4.69) is 10.1 Å². The van der Waals surface area contributed by atoms with E-state index in [4.69, 9.17) is 9.26 Å². The Labute approximate surface area is 170 Å². The molecule has 0 unspecified atom stereocenters. The fraction of sp³-hybridized carbons (Fsp3) is 0.250. The van der Waals surface area contributed by atoms with Gasteiger partial charge in [-0.1, -0.05) is 31.1 Å². The lowest BCUT2D eigenvalue weighted by Gasteiger charge is -2.27. The Morgan fingerprint density at radius 1 is 1.17 bits per heavy atom. The van der Waals surface area contributed by atoms with Crippen molar-refractivity contribution in [3.63, 3.8) is 0 Å². The summed E-state index contributed by atoms with van der Waals surface area (Å²) in [5.74, 6) is -1.52. The van der Waals surface area contributed by atoms with Crippen LogP contribution in [0, 0.1) is 5.92 Å². The maximum atomic E-state index is 12.8. The number of aromatic nitrogens is 2. The summed E-state index contributed by atoms with van der Waals surface area (Å²) in [5, 5.41) is 7.62. The Morgan fingerprint density at radius 3 is 2.45 bits per heavy atom. The zero-order valence-corrected chi connectivity index (χ0v) is 16.5. The number of thiophene rings is 1. The largest absolute Gasteiger partial charge is 0.454 e. The minimum atomic E-state index is -1.05. The summed E-state index contributed by atoms with van der Waals surface area (Å²) >= 11 is 1.50. The van der Waals surface area contributed by atoms with Gasteiger partial charge in [-0.05, 0) is 29.5 Å². The lowest BCUT2D eigenvalue weighted by molar-refractivity contribution is -0.152. The van der Waals surface area contributed by atoms with Gasteiger partial charge in [0.25, 0.3) is 17.7 Å². The minimum Gasteiger partial charge on any atom is -0.454 e. The molecule has 29 heavy (non-hydrogen) atoms. The lowest BCUT2D eigenvalue weighted by atomic mass is 10.0. The predicted molar refractivity (Wildman–Crippen MR) is 103 cm³/mol. The second-order valence-electron chi connectivity index (χ2n) is 6.85. The van der Waals surface area contributed by atoms with Crippen molar-refractivity contribution in [2.45, 2.75) is 26.5 Å². The first-order valence-electron chi connectivity index (χ1n) is 8.96. The number of imide groups is 1. The average Bonchev–Trinajstić information content (AvgIpc) is 3.44. The van der Waals surface area contributed by atoms with Gasteiger partial charge in [-0.3, -0.25) is 14.5 Å². The number of carbonyl (C=O) groups excluding carboxylic acids is 3. The highest BCUT2D eigenvalue weighted by Crippen LogP contribution is 2.28. The summed E-state index contributed by atoms with van der Waals surface area (Å²) < 4.78 is 10.4. The van der Waals surface area contributed by atoms with E-state index in [0.717, 1.165) is 10.5 Å². The van der Waals surface area contributed by atoms with Gasteiger partial charge in [0.2, 0.25) is 5.82 Å². The number of rotatable bonds is 6. The molecule has 9 heteroatoms. The number of nitrogens with zero attached hydrogens (tertiary/aromatic N) is 3. The molecule has 0 bridgehead atoms. The smallest absolute Gasteiger partial charge is 0.330 e. The topological polar surface area (TPSA) is 103 Å². The molecule has 1 aliphatic rings. The van der Waals surface area contributed by atoms with Crippen molar-refractivity contribution < 1.29 is 23.6 Å². The first kappa shape index (κ1) is 19.0. The number of esters is 1. The Bertz CT molecular complexity index is 1040. The fourth-order valence-corrected chi connectivity index (χ4v) is 3.81. The molecule has 8 nitrogen and oxygen atoms in total. The number of fused-ring (bicyclic) bond motifs is 1. The van der Waals surface area contributed by atoms with E-state index in [1.165, 1.54) is 11.3 Å². The van der Waals surface area contributed by atoms with Crippen LogP contribution in [-0.4, -0.2) is 38.9 Å². The molecule has 1 atom stereocenters. The van der Waals surface area contributed by atoms with Crippen LogP contribution in [0.15, 0.2) is 45.6 Å². The third-order valence-electron chi connectivity index (χ3n) is 4.56. The van der Waals surface area contributed by atoms with Crippen LogP contribution in [0.3, 0.4) is 0 Å². The normalized spacial score (nSPS) is 14.4. The summed E-state index contributed by atoms with van der Waals surface area (Å²) in [5.41, 5.74) is 1.38. The van der Waals surface area contributed by atoms with Crippen molar-refractivity contribution >= 4 is 29.1 Å². The second-order valence-corrected chi connectivity index (χ2v) is 7.63. The highest BCUT2D eigenvalue weighted by Gasteiger charge is 2.44. The maximum Gasteiger partial charge on any atom is 0.330 e. The van der Waals surface area contributed by atoms with Crippen molar-refractivity contribution in [3.8, 4) is 11.4 Å². The molecule has 1 aliphatic heterocycles. The molecule has 0 N–H and O–H groups in total. The van der Waals surface area contributed by atoms with Crippen LogP contribution in [0.5, 0.6) is 0 Å². The molecule has 1 aromatic carbocycles. The van der Waals surface area contributed by atoms with E-state index < -0.39 is 23.8 Å². The molecule has 0 fully saturated rings. The molecular weight excluding hydrogens is 394 g/mol. The number of hydrogen-bond acceptors (Lipinski definition) is 8. The third-order valence-corrected chi connectivity index (χ3v) is 5.25. The summed E-state index contributed by atoms with van der Waals surface area (Å²) in [6.07, 6.45) is 0. The van der Waals surface area contributed by atoms with Gasteiger partial charge in [-0.2, -0.15) is 16.3 Å². The first-order valence-corrected chi connectivity index (χ1v) is 9.90. The van der Waals surface area contributed by atoms with Gasteiger partial charge in [-0.25, -0.2) is 4.79 Å². The van der Waals surface area contributed by atoms with Gasteiger partial charge in [0, 0.05) is 10.9 Å². The molecule has 2 amide bonds. The van der Waals surface area contributed by atoms with Gasteiger partial charge >= 0.3 is 5.97 Å². The van der Waals surface area contributed by atoms with Gasteiger partial charge in [0.1, 0.15) is 6.04 Å². The van der Waals surface area contributed by atoms with Crippen molar-refractivity contribution in [3.05, 3.63) is 58.1 Å². The zero-order chi connectivity index (χ0) is 20.5. The average molecular weight is 411 g/mol. The molecule has 3 heterocycles. The van der Waals surface area contributed by atoms with E-state index in [1.807, 2.05) is 16.8 Å². The second kappa shape index (κ2) is 7.59. The summed E-state index contributed by atoms with van der Waals surface area (Å²) in [7, 11) is 0. The molecule has 0 saturated heterocycles. The molecule has 0 spiro atoms. The maximum absolute atomic E-state index is 12.8. The van der Waals surface area contributed by atoms with Gasteiger partial charge in [0.15, 0.2) is 6.61 Å². The summed E-state index contributed by atoms with van der Waals surface area (Å²) in [4.78, 5) is 43.4. The Kier molecular flexibility index (Phi) is 4.98. The van der Waals surface area contributed by atoms with Crippen LogP contribution < -0.4 is 0 Å². The fourth-order valence-electron chi connectivity index (χ4n) is 3.18. The molecule has 2 aromatic heterocycles. The molecule has 148 valence electrons. The highest BCUT2D eigenvalue weighted by molar-refractivity contribution is 7.08. The standard InChI is InChI=1S/C20H17N3O5S/c1-11(2)16(23-18(24)13-5-3-4-6-14(13)19(23)25)20(26)27-9-15-21-17(22-28-15)12-7-8-29-10-12/h3-8,10-11,16H,9H2,1-2H3/t16-/m0/s1.